The van der Waals surface area contributed by atoms with Crippen LogP contribution in [0.15, 0.2) is 36.4 Å². The first-order valence-electron chi connectivity index (χ1n) is 4.51. The molecule has 3 nitrogen and oxygen atoms in total. The number of fused-ring (bicyclic) bond motifs is 1. The molecule has 0 amide bonds. The molecule has 3 heteroatoms. The van der Waals surface area contributed by atoms with Crippen LogP contribution >= 0.6 is 0 Å². The van der Waals surface area contributed by atoms with Crippen LogP contribution in [0.3, 0.4) is 0 Å². The third kappa shape index (κ3) is 1.52. The van der Waals surface area contributed by atoms with Gasteiger partial charge in [-0.25, -0.2) is 9.90 Å². The van der Waals surface area contributed by atoms with Crippen LogP contribution in [0.4, 0.5) is 0 Å². The Morgan fingerprint density at radius 2 is 1.73 bits per heavy atom. The molecule has 75 valence electrons. The second-order valence-electron chi connectivity index (χ2n) is 3.15. The molecule has 0 saturated carbocycles. The topological polar surface area (TPSA) is 46.2 Å². The van der Waals surface area contributed by atoms with E-state index in [4.69, 9.17) is 4.74 Å². The number of methoxy groups -OCH3 is 1. The Morgan fingerprint density at radius 1 is 1.07 bits per heavy atom. The fraction of sp³-hybridized carbons (Fsp3) is 0.0833. The maximum atomic E-state index is 10.9. The minimum absolute atomic E-state index is 0.186. The van der Waals surface area contributed by atoms with E-state index < -0.39 is 5.97 Å². The molecule has 0 aliphatic rings. The van der Waals surface area contributed by atoms with Crippen molar-refractivity contribution in [2.75, 3.05) is 7.11 Å². The summed E-state index contributed by atoms with van der Waals surface area (Å²) >= 11 is 0. The first-order chi connectivity index (χ1) is 7.24. The number of rotatable bonds is 2. The smallest absolute Gasteiger partial charge is 0.386 e. The van der Waals surface area contributed by atoms with E-state index in [1.54, 1.807) is 25.3 Å². The predicted octanol–water partition coefficient (Wildman–Crippen LogP) is 2.42. The average Bonchev–Trinajstić information content (AvgIpc) is 2.27. The molecule has 0 spiro atoms. The molecule has 0 aliphatic carbocycles. The summed E-state index contributed by atoms with van der Waals surface area (Å²) < 4.78 is 5.15. The van der Waals surface area contributed by atoms with E-state index >= 15 is 0 Å². The maximum Gasteiger partial charge on any atom is 0.386 e. The number of carbonyl (C=O) groups is 1. The Kier molecular flexibility index (Phi) is 2.29. The van der Waals surface area contributed by atoms with Crippen molar-refractivity contribution in [2.24, 2.45) is 0 Å². The fourth-order valence-corrected chi connectivity index (χ4v) is 1.63. The van der Waals surface area contributed by atoms with Crippen LogP contribution in [-0.4, -0.2) is 13.1 Å². The normalized spacial score (nSPS) is 10.2. The van der Waals surface area contributed by atoms with Crippen LogP contribution in [0, 0.1) is 0 Å². The lowest BCUT2D eigenvalue weighted by Crippen LogP contribution is -1.96. The van der Waals surface area contributed by atoms with Gasteiger partial charge in [0.05, 0.1) is 12.7 Å². The van der Waals surface area contributed by atoms with Gasteiger partial charge in [-0.05, 0) is 12.1 Å². The zero-order chi connectivity index (χ0) is 10.8. The number of hydrogen-bond donors (Lipinski definition) is 0. The van der Waals surface area contributed by atoms with Crippen LogP contribution in [0.1, 0.15) is 10.4 Å². The molecule has 0 aromatic heterocycles. The molecule has 2 aromatic carbocycles. The summed E-state index contributed by atoms with van der Waals surface area (Å²) in [5, 5.41) is 12.3. The maximum absolute atomic E-state index is 10.9. The van der Waals surface area contributed by atoms with Crippen LogP contribution < -0.4 is 4.74 Å². The standard InChI is InChI=1S/C12H9O3/c1-15-11-7-6-10(12(13)14)8-4-2-3-5-9(8)11/h2-7H,1H3. The van der Waals surface area contributed by atoms with Gasteiger partial charge in [0.2, 0.25) is 0 Å². The van der Waals surface area contributed by atoms with Crippen molar-refractivity contribution in [2.45, 2.75) is 0 Å². The van der Waals surface area contributed by atoms with Gasteiger partial charge >= 0.3 is 5.97 Å². The van der Waals surface area contributed by atoms with Gasteiger partial charge in [-0.15, -0.1) is 0 Å². The SMILES string of the molecule is COc1ccc(C([O])=O)c2ccccc12. The van der Waals surface area contributed by atoms with E-state index in [9.17, 15) is 9.90 Å². The largest absolute Gasteiger partial charge is 0.496 e. The molecule has 0 unspecified atom stereocenters. The lowest BCUT2D eigenvalue weighted by molar-refractivity contribution is 0.0575. The highest BCUT2D eigenvalue weighted by Crippen LogP contribution is 2.28. The number of benzene rings is 2. The number of ether oxygens (including phenoxy) is 1. The van der Waals surface area contributed by atoms with Crippen LogP contribution in [0.5, 0.6) is 5.75 Å². The number of carbonyl (C=O) groups excluding carboxylic acids is 1. The van der Waals surface area contributed by atoms with Crippen LogP contribution in [0.2, 0.25) is 0 Å². The molecule has 0 bridgehead atoms. The molecule has 0 atom stereocenters. The summed E-state index contributed by atoms with van der Waals surface area (Å²) in [6, 6.07) is 10.3. The van der Waals surface area contributed by atoms with E-state index in [-0.39, 0.29) is 5.56 Å². The zero-order valence-corrected chi connectivity index (χ0v) is 8.19. The van der Waals surface area contributed by atoms with Gasteiger partial charge in [0, 0.05) is 10.8 Å². The zero-order valence-electron chi connectivity index (χ0n) is 8.19. The lowest BCUT2D eigenvalue weighted by Gasteiger charge is -2.06. The summed E-state index contributed by atoms with van der Waals surface area (Å²) in [5.41, 5.74) is 0.186. The monoisotopic (exact) mass is 201 g/mol. The summed E-state index contributed by atoms with van der Waals surface area (Å²) in [6.07, 6.45) is 0. The summed E-state index contributed by atoms with van der Waals surface area (Å²) in [5.74, 6) is -0.510. The Balaban J connectivity index is 2.83. The van der Waals surface area contributed by atoms with Crippen molar-refractivity contribution in [3.05, 3.63) is 42.0 Å². The van der Waals surface area contributed by atoms with Crippen molar-refractivity contribution in [1.82, 2.24) is 0 Å². The molecule has 2 rings (SSSR count). The first kappa shape index (κ1) is 9.52. The van der Waals surface area contributed by atoms with Crippen molar-refractivity contribution < 1.29 is 14.6 Å². The molecular formula is C12H9O3. The minimum Gasteiger partial charge on any atom is -0.496 e. The van der Waals surface area contributed by atoms with Gasteiger partial charge in [0.15, 0.2) is 0 Å². The predicted molar refractivity (Wildman–Crippen MR) is 55.5 cm³/mol. The molecule has 0 fully saturated rings. The van der Waals surface area contributed by atoms with Gasteiger partial charge in [-0.3, -0.25) is 0 Å². The summed E-state index contributed by atoms with van der Waals surface area (Å²) in [4.78, 5) is 10.9. The van der Waals surface area contributed by atoms with Crippen molar-refractivity contribution >= 4 is 16.7 Å². The van der Waals surface area contributed by atoms with Crippen LogP contribution in [0.25, 0.3) is 10.8 Å². The van der Waals surface area contributed by atoms with Crippen molar-refractivity contribution in [3.63, 3.8) is 0 Å². The van der Waals surface area contributed by atoms with E-state index in [1.165, 1.54) is 6.07 Å². The third-order valence-corrected chi connectivity index (χ3v) is 2.32. The Bertz CT molecular complexity index is 517. The van der Waals surface area contributed by atoms with E-state index in [2.05, 4.69) is 0 Å². The van der Waals surface area contributed by atoms with Crippen molar-refractivity contribution in [1.29, 1.82) is 0 Å². The molecule has 0 saturated heterocycles. The third-order valence-electron chi connectivity index (χ3n) is 2.32. The van der Waals surface area contributed by atoms with E-state index in [1.807, 2.05) is 12.1 Å². The van der Waals surface area contributed by atoms with E-state index in [0.717, 1.165) is 5.39 Å². The second-order valence-corrected chi connectivity index (χ2v) is 3.15. The van der Waals surface area contributed by atoms with Gasteiger partial charge in [0.25, 0.3) is 0 Å². The first-order valence-corrected chi connectivity index (χ1v) is 4.51. The quantitative estimate of drug-likeness (QED) is 0.749. The number of hydrogen-bond acceptors (Lipinski definition) is 2. The molecule has 2 aromatic rings. The highest BCUT2D eigenvalue weighted by atomic mass is 16.5. The molecule has 15 heavy (non-hydrogen) atoms. The summed E-state index contributed by atoms with van der Waals surface area (Å²) in [7, 11) is 1.56. The molecule has 1 radical (unpaired) electrons. The van der Waals surface area contributed by atoms with Gasteiger partial charge in [-0.1, -0.05) is 24.3 Å². The Hall–Kier alpha value is -2.03. The lowest BCUT2D eigenvalue weighted by atomic mass is 10.0. The highest BCUT2D eigenvalue weighted by Gasteiger charge is 2.12. The van der Waals surface area contributed by atoms with Crippen LogP contribution in [-0.2, 0) is 5.11 Å². The average molecular weight is 201 g/mol. The van der Waals surface area contributed by atoms with Gasteiger partial charge in [0.1, 0.15) is 5.75 Å². The van der Waals surface area contributed by atoms with Crippen molar-refractivity contribution in [3.8, 4) is 5.75 Å². The summed E-state index contributed by atoms with van der Waals surface area (Å²) in [6.45, 7) is 0. The minimum atomic E-state index is -1.17. The fourth-order valence-electron chi connectivity index (χ4n) is 1.63. The van der Waals surface area contributed by atoms with Gasteiger partial charge < -0.3 is 4.74 Å². The highest BCUT2D eigenvalue weighted by molar-refractivity contribution is 6.05. The Labute approximate surface area is 86.9 Å². The molecule has 0 aliphatic heterocycles. The Morgan fingerprint density at radius 3 is 2.33 bits per heavy atom. The van der Waals surface area contributed by atoms with Gasteiger partial charge in [-0.2, -0.15) is 0 Å². The second kappa shape index (κ2) is 3.61. The molecular weight excluding hydrogens is 192 g/mol. The molecule has 0 heterocycles. The van der Waals surface area contributed by atoms with E-state index in [0.29, 0.717) is 11.1 Å². The molecule has 0 N–H and O–H groups in total.